The standard InChI is InChI=1S/C20H19F3N4O2/c21-14-3-1-12(2-4-14)10-26-11-13(7-24-9-17(22)23)18-15-5-6-27(29)20(28)19(15)25-8-16(18)26/h1-4,8,11,17,24,29H,5-7,9-10H2. The van der Waals surface area contributed by atoms with Gasteiger partial charge < -0.3 is 9.88 Å². The summed E-state index contributed by atoms with van der Waals surface area (Å²) >= 11 is 0. The zero-order valence-corrected chi connectivity index (χ0v) is 15.4. The van der Waals surface area contributed by atoms with Crippen LogP contribution in [0.4, 0.5) is 13.2 Å². The van der Waals surface area contributed by atoms with Gasteiger partial charge in [0.05, 0.1) is 24.8 Å². The molecular formula is C20H19F3N4O2. The Balaban J connectivity index is 1.78. The Kier molecular flexibility index (Phi) is 5.25. The number of carbonyl (C=O) groups is 1. The Morgan fingerprint density at radius 1 is 1.24 bits per heavy atom. The highest BCUT2D eigenvalue weighted by atomic mass is 19.3. The van der Waals surface area contributed by atoms with Crippen LogP contribution in [0.5, 0.6) is 0 Å². The Bertz CT molecular complexity index is 1050. The van der Waals surface area contributed by atoms with Gasteiger partial charge in [0.25, 0.3) is 12.3 Å². The van der Waals surface area contributed by atoms with Gasteiger partial charge in [0.15, 0.2) is 0 Å². The summed E-state index contributed by atoms with van der Waals surface area (Å²) in [5, 5.41) is 13.8. The summed E-state index contributed by atoms with van der Waals surface area (Å²) in [5.41, 5.74) is 3.25. The first-order valence-corrected chi connectivity index (χ1v) is 9.17. The van der Waals surface area contributed by atoms with Gasteiger partial charge in [0.1, 0.15) is 11.5 Å². The molecule has 152 valence electrons. The fraction of sp³-hybridized carbons (Fsp3) is 0.300. The molecule has 9 heteroatoms. The van der Waals surface area contributed by atoms with E-state index in [1.54, 1.807) is 18.3 Å². The number of halogens is 3. The smallest absolute Gasteiger partial charge is 0.296 e. The van der Waals surface area contributed by atoms with E-state index >= 15 is 0 Å². The van der Waals surface area contributed by atoms with E-state index in [4.69, 9.17) is 0 Å². The highest BCUT2D eigenvalue weighted by Gasteiger charge is 2.28. The van der Waals surface area contributed by atoms with Crippen LogP contribution in [0, 0.1) is 5.82 Å². The van der Waals surface area contributed by atoms with Gasteiger partial charge in [-0.1, -0.05) is 12.1 Å². The average molecular weight is 404 g/mol. The zero-order valence-electron chi connectivity index (χ0n) is 15.4. The van der Waals surface area contributed by atoms with Crippen LogP contribution in [0.25, 0.3) is 10.9 Å². The quantitative estimate of drug-likeness (QED) is 0.620. The monoisotopic (exact) mass is 404 g/mol. The molecule has 0 saturated heterocycles. The molecule has 1 amide bonds. The fourth-order valence-corrected chi connectivity index (χ4v) is 3.68. The summed E-state index contributed by atoms with van der Waals surface area (Å²) in [5.74, 6) is -0.906. The van der Waals surface area contributed by atoms with Gasteiger partial charge in [0.2, 0.25) is 0 Å². The summed E-state index contributed by atoms with van der Waals surface area (Å²) in [4.78, 5) is 16.5. The number of pyridine rings is 1. The molecule has 0 aliphatic carbocycles. The van der Waals surface area contributed by atoms with Crippen LogP contribution >= 0.6 is 0 Å². The number of nitrogens with one attached hydrogen (secondary N) is 1. The first-order valence-electron chi connectivity index (χ1n) is 9.17. The van der Waals surface area contributed by atoms with Crippen LogP contribution in [0.15, 0.2) is 36.7 Å². The molecule has 0 unspecified atom stereocenters. The summed E-state index contributed by atoms with van der Waals surface area (Å²) in [6.45, 7) is 0.331. The van der Waals surface area contributed by atoms with E-state index in [2.05, 4.69) is 10.3 Å². The molecule has 0 bridgehead atoms. The topological polar surface area (TPSA) is 70.4 Å². The van der Waals surface area contributed by atoms with Gasteiger partial charge in [-0.3, -0.25) is 10.0 Å². The Labute approximate surface area is 164 Å². The molecule has 0 saturated carbocycles. The summed E-state index contributed by atoms with van der Waals surface area (Å²) < 4.78 is 40.2. The molecule has 0 atom stereocenters. The van der Waals surface area contributed by atoms with Gasteiger partial charge in [-0.05, 0) is 35.2 Å². The molecule has 0 fully saturated rings. The molecule has 3 aromatic rings. The van der Waals surface area contributed by atoms with Crippen LogP contribution < -0.4 is 5.32 Å². The maximum atomic E-state index is 13.2. The molecular weight excluding hydrogens is 385 g/mol. The number of rotatable bonds is 6. The van der Waals surface area contributed by atoms with Crippen molar-refractivity contribution in [2.45, 2.75) is 25.9 Å². The van der Waals surface area contributed by atoms with E-state index in [1.165, 1.54) is 12.1 Å². The van der Waals surface area contributed by atoms with Crippen molar-refractivity contribution in [3.63, 3.8) is 0 Å². The lowest BCUT2D eigenvalue weighted by molar-refractivity contribution is -0.0606. The second kappa shape index (κ2) is 7.84. The lowest BCUT2D eigenvalue weighted by Gasteiger charge is -2.23. The van der Waals surface area contributed by atoms with Crippen LogP contribution in [-0.4, -0.2) is 45.2 Å². The Morgan fingerprint density at radius 2 is 2.00 bits per heavy atom. The predicted molar refractivity (Wildman–Crippen MR) is 99.5 cm³/mol. The van der Waals surface area contributed by atoms with E-state index < -0.39 is 18.9 Å². The molecule has 0 spiro atoms. The number of amides is 1. The van der Waals surface area contributed by atoms with Crippen molar-refractivity contribution in [1.29, 1.82) is 0 Å². The Morgan fingerprint density at radius 3 is 2.72 bits per heavy atom. The van der Waals surface area contributed by atoms with Crippen molar-refractivity contribution >= 4 is 16.8 Å². The largest absolute Gasteiger partial charge is 0.341 e. The van der Waals surface area contributed by atoms with Gasteiger partial charge in [-0.25, -0.2) is 23.2 Å². The van der Waals surface area contributed by atoms with Crippen LogP contribution in [0.1, 0.15) is 27.2 Å². The summed E-state index contributed by atoms with van der Waals surface area (Å²) in [6, 6.07) is 6.10. The maximum Gasteiger partial charge on any atom is 0.296 e. The van der Waals surface area contributed by atoms with Crippen molar-refractivity contribution < 1.29 is 23.2 Å². The van der Waals surface area contributed by atoms with Gasteiger partial charge in [-0.2, -0.15) is 0 Å². The van der Waals surface area contributed by atoms with Gasteiger partial charge in [-0.15, -0.1) is 0 Å². The second-order valence-electron chi connectivity index (χ2n) is 6.95. The number of hydrogen-bond acceptors (Lipinski definition) is 4. The molecule has 2 aromatic heterocycles. The van der Waals surface area contributed by atoms with Crippen LogP contribution in [0.2, 0.25) is 0 Å². The SMILES string of the molecule is O=C1c2ncc3c(c(CNCC(F)F)cn3Cc3ccc(F)cc3)c2CCN1O. The minimum Gasteiger partial charge on any atom is -0.341 e. The number of carbonyl (C=O) groups excluding carboxylic acids is 1. The van der Waals surface area contributed by atoms with Gasteiger partial charge in [0, 0.05) is 24.7 Å². The summed E-state index contributed by atoms with van der Waals surface area (Å²) in [6.07, 6.45) is 1.32. The number of aromatic nitrogens is 2. The Hall–Kier alpha value is -2.91. The molecule has 29 heavy (non-hydrogen) atoms. The molecule has 3 heterocycles. The highest BCUT2D eigenvalue weighted by molar-refractivity contribution is 6.00. The zero-order chi connectivity index (χ0) is 20.5. The van der Waals surface area contributed by atoms with E-state index in [0.717, 1.165) is 22.0 Å². The summed E-state index contributed by atoms with van der Waals surface area (Å²) in [7, 11) is 0. The average Bonchev–Trinajstić information content (AvgIpc) is 3.04. The van der Waals surface area contributed by atoms with E-state index in [0.29, 0.717) is 23.6 Å². The molecule has 0 radical (unpaired) electrons. The number of hydrogen-bond donors (Lipinski definition) is 2. The van der Waals surface area contributed by atoms with Gasteiger partial charge >= 0.3 is 0 Å². The lowest BCUT2D eigenvalue weighted by Crippen LogP contribution is -2.35. The first-order chi connectivity index (χ1) is 13.9. The third-order valence-corrected chi connectivity index (χ3v) is 4.99. The molecule has 1 aliphatic heterocycles. The molecule has 1 aliphatic rings. The molecule has 2 N–H and O–H groups in total. The third-order valence-electron chi connectivity index (χ3n) is 4.99. The van der Waals surface area contributed by atoms with Crippen molar-refractivity contribution in [1.82, 2.24) is 19.9 Å². The molecule has 6 nitrogen and oxygen atoms in total. The third kappa shape index (κ3) is 3.83. The molecule has 1 aromatic carbocycles. The second-order valence-corrected chi connectivity index (χ2v) is 6.95. The number of alkyl halides is 2. The van der Waals surface area contributed by atoms with E-state index in [9.17, 15) is 23.2 Å². The minimum absolute atomic E-state index is 0.139. The number of hydroxylamine groups is 2. The highest BCUT2D eigenvalue weighted by Crippen LogP contribution is 2.30. The van der Waals surface area contributed by atoms with Crippen molar-refractivity contribution in [2.24, 2.45) is 0 Å². The fourth-order valence-electron chi connectivity index (χ4n) is 3.68. The minimum atomic E-state index is -2.47. The van der Waals surface area contributed by atoms with Crippen molar-refractivity contribution in [2.75, 3.05) is 13.1 Å². The molecule has 4 rings (SSSR count). The number of benzene rings is 1. The van der Waals surface area contributed by atoms with E-state index in [1.807, 2.05) is 10.8 Å². The first kappa shape index (κ1) is 19.4. The van der Waals surface area contributed by atoms with Crippen molar-refractivity contribution in [3.05, 3.63) is 64.9 Å². The van der Waals surface area contributed by atoms with E-state index in [-0.39, 0.29) is 24.6 Å². The maximum absolute atomic E-state index is 13.2. The van der Waals surface area contributed by atoms with Crippen molar-refractivity contribution in [3.8, 4) is 0 Å². The predicted octanol–water partition coefficient (Wildman–Crippen LogP) is 2.97. The van der Waals surface area contributed by atoms with Crippen LogP contribution in [-0.2, 0) is 19.5 Å². The lowest BCUT2D eigenvalue weighted by atomic mass is 9.99. The number of nitrogens with zero attached hydrogens (tertiary/aromatic N) is 3. The normalized spacial score (nSPS) is 14.1. The number of fused-ring (bicyclic) bond motifs is 3. The van der Waals surface area contributed by atoms with Crippen LogP contribution in [0.3, 0.4) is 0 Å².